The molecule has 1 rings (SSSR count). The van der Waals surface area contributed by atoms with Gasteiger partial charge in [0.1, 0.15) is 5.69 Å². The number of carbonyl (C=O) groups is 1. The van der Waals surface area contributed by atoms with Gasteiger partial charge in [-0.1, -0.05) is 6.92 Å². The van der Waals surface area contributed by atoms with Crippen LogP contribution in [0.2, 0.25) is 0 Å². The molecule has 1 amide bonds. The second-order valence-electron chi connectivity index (χ2n) is 3.75. The van der Waals surface area contributed by atoms with E-state index in [1.807, 2.05) is 13.8 Å². The van der Waals surface area contributed by atoms with E-state index in [9.17, 15) is 4.79 Å². The van der Waals surface area contributed by atoms with E-state index in [0.29, 0.717) is 12.2 Å². The fourth-order valence-electron chi connectivity index (χ4n) is 1.40. The van der Waals surface area contributed by atoms with Crippen molar-refractivity contribution < 1.29 is 9.90 Å². The minimum absolute atomic E-state index is 0.185. The van der Waals surface area contributed by atoms with Gasteiger partial charge in [-0.15, -0.1) is 0 Å². The summed E-state index contributed by atoms with van der Waals surface area (Å²) < 4.78 is 1.68. The average Bonchev–Trinajstić information content (AvgIpc) is 2.68. The molecule has 1 aromatic rings. The number of aliphatic hydroxyl groups excluding tert-OH is 1. The van der Waals surface area contributed by atoms with Crippen LogP contribution >= 0.6 is 0 Å². The Balaban J connectivity index is 2.77. The van der Waals surface area contributed by atoms with Crippen LogP contribution in [0.5, 0.6) is 0 Å². The largest absolute Gasteiger partial charge is 0.392 e. The molecule has 90 valence electrons. The zero-order chi connectivity index (χ0) is 12.1. The minimum Gasteiger partial charge on any atom is -0.392 e. The molecule has 2 N–H and O–H groups in total. The molecule has 0 aliphatic carbocycles. The van der Waals surface area contributed by atoms with Crippen LogP contribution in [0.4, 0.5) is 0 Å². The third-order valence-corrected chi connectivity index (χ3v) is 2.28. The van der Waals surface area contributed by atoms with E-state index in [0.717, 1.165) is 12.1 Å². The summed E-state index contributed by atoms with van der Waals surface area (Å²) in [4.78, 5) is 11.8. The molecule has 5 heteroatoms. The minimum atomic E-state index is -0.535. The highest BCUT2D eigenvalue weighted by atomic mass is 16.3. The predicted molar refractivity (Wildman–Crippen MR) is 61.3 cm³/mol. The number of nitrogens with zero attached hydrogens (tertiary/aromatic N) is 2. The molecule has 0 radical (unpaired) electrons. The van der Waals surface area contributed by atoms with Crippen LogP contribution in [-0.4, -0.2) is 33.4 Å². The number of aromatic nitrogens is 2. The monoisotopic (exact) mass is 225 g/mol. The van der Waals surface area contributed by atoms with Crippen molar-refractivity contribution in [3.63, 3.8) is 0 Å². The van der Waals surface area contributed by atoms with Gasteiger partial charge >= 0.3 is 0 Å². The first-order valence-corrected chi connectivity index (χ1v) is 5.61. The summed E-state index contributed by atoms with van der Waals surface area (Å²) in [5.41, 5.74) is 1.46. The Bertz CT molecular complexity index is 358. The first kappa shape index (κ1) is 12.7. The van der Waals surface area contributed by atoms with Gasteiger partial charge < -0.3 is 10.4 Å². The van der Waals surface area contributed by atoms with E-state index in [1.54, 1.807) is 17.7 Å². The summed E-state index contributed by atoms with van der Waals surface area (Å²) in [7, 11) is 0. The maximum Gasteiger partial charge on any atom is 0.269 e. The Morgan fingerprint density at radius 2 is 2.31 bits per heavy atom. The summed E-state index contributed by atoms with van der Waals surface area (Å²) in [6.45, 7) is 6.50. The van der Waals surface area contributed by atoms with Gasteiger partial charge in [0.15, 0.2) is 0 Å². The lowest BCUT2D eigenvalue weighted by atomic mass is 10.3. The lowest BCUT2D eigenvalue weighted by Gasteiger charge is -2.07. The Hall–Kier alpha value is -1.36. The molecule has 1 aromatic heterocycles. The van der Waals surface area contributed by atoms with E-state index >= 15 is 0 Å². The summed E-state index contributed by atoms with van der Waals surface area (Å²) in [6, 6.07) is 1.79. The number of aryl methyl sites for hydroxylation is 2. The predicted octanol–water partition coefficient (Wildman–Crippen LogP) is 0.576. The van der Waals surface area contributed by atoms with Crippen molar-refractivity contribution in [2.45, 2.75) is 39.8 Å². The SMILES string of the molecule is CCc1cc(C(=O)NCC(C)O)n(CC)n1. The zero-order valence-corrected chi connectivity index (χ0v) is 10.0. The highest BCUT2D eigenvalue weighted by molar-refractivity contribution is 5.92. The Morgan fingerprint density at radius 1 is 1.62 bits per heavy atom. The third kappa shape index (κ3) is 3.06. The molecule has 0 saturated carbocycles. The van der Waals surface area contributed by atoms with E-state index in [1.165, 1.54) is 0 Å². The third-order valence-electron chi connectivity index (χ3n) is 2.28. The van der Waals surface area contributed by atoms with E-state index in [2.05, 4.69) is 10.4 Å². The molecule has 1 unspecified atom stereocenters. The maximum absolute atomic E-state index is 11.8. The van der Waals surface area contributed by atoms with Gasteiger partial charge in [-0.05, 0) is 26.3 Å². The second kappa shape index (κ2) is 5.65. The van der Waals surface area contributed by atoms with Crippen LogP contribution in [0.25, 0.3) is 0 Å². The molecule has 0 aromatic carbocycles. The summed E-state index contributed by atoms with van der Waals surface area (Å²) in [6.07, 6.45) is 0.275. The van der Waals surface area contributed by atoms with Gasteiger partial charge in [0, 0.05) is 13.1 Å². The first-order valence-electron chi connectivity index (χ1n) is 5.61. The molecule has 1 atom stereocenters. The molecule has 0 aliphatic heterocycles. The topological polar surface area (TPSA) is 67.2 Å². The molecular formula is C11H19N3O2. The summed E-state index contributed by atoms with van der Waals surface area (Å²) in [5.74, 6) is -0.185. The van der Waals surface area contributed by atoms with Crippen molar-refractivity contribution in [3.8, 4) is 0 Å². The van der Waals surface area contributed by atoms with E-state index in [4.69, 9.17) is 5.11 Å². The van der Waals surface area contributed by atoms with Crippen LogP contribution < -0.4 is 5.32 Å². The van der Waals surface area contributed by atoms with Crippen LogP contribution in [-0.2, 0) is 13.0 Å². The van der Waals surface area contributed by atoms with Crippen molar-refractivity contribution in [2.24, 2.45) is 0 Å². The van der Waals surface area contributed by atoms with Gasteiger partial charge in [-0.25, -0.2) is 0 Å². The quantitative estimate of drug-likeness (QED) is 0.770. The van der Waals surface area contributed by atoms with Crippen molar-refractivity contribution in [3.05, 3.63) is 17.5 Å². The smallest absolute Gasteiger partial charge is 0.269 e. The average molecular weight is 225 g/mol. The van der Waals surface area contributed by atoms with Crippen LogP contribution in [0, 0.1) is 0 Å². The van der Waals surface area contributed by atoms with Crippen molar-refractivity contribution in [1.82, 2.24) is 15.1 Å². The molecule has 0 aliphatic rings. The van der Waals surface area contributed by atoms with Gasteiger partial charge in [0.05, 0.1) is 11.8 Å². The molecular weight excluding hydrogens is 206 g/mol. The van der Waals surface area contributed by atoms with E-state index in [-0.39, 0.29) is 12.5 Å². The molecule has 0 fully saturated rings. The maximum atomic E-state index is 11.8. The fourth-order valence-corrected chi connectivity index (χ4v) is 1.40. The highest BCUT2D eigenvalue weighted by Crippen LogP contribution is 2.05. The van der Waals surface area contributed by atoms with E-state index < -0.39 is 6.10 Å². The number of hydrogen-bond acceptors (Lipinski definition) is 3. The molecule has 16 heavy (non-hydrogen) atoms. The molecule has 5 nitrogen and oxygen atoms in total. The number of amides is 1. The van der Waals surface area contributed by atoms with Crippen molar-refractivity contribution >= 4 is 5.91 Å². The standard InChI is InChI=1S/C11H19N3O2/c1-4-9-6-10(14(5-2)13-9)11(16)12-7-8(3)15/h6,8,15H,4-5,7H2,1-3H3,(H,12,16). The molecule has 0 bridgehead atoms. The number of carbonyl (C=O) groups excluding carboxylic acids is 1. The van der Waals surface area contributed by atoms with Crippen LogP contribution in [0.1, 0.15) is 37.0 Å². The summed E-state index contributed by atoms with van der Waals surface area (Å²) >= 11 is 0. The summed E-state index contributed by atoms with van der Waals surface area (Å²) in [5, 5.41) is 16.0. The molecule has 0 spiro atoms. The molecule has 0 saturated heterocycles. The van der Waals surface area contributed by atoms with Crippen LogP contribution in [0.15, 0.2) is 6.07 Å². The van der Waals surface area contributed by atoms with Crippen molar-refractivity contribution in [1.29, 1.82) is 0 Å². The Kier molecular flexibility index (Phi) is 4.49. The van der Waals surface area contributed by atoms with Crippen LogP contribution in [0.3, 0.4) is 0 Å². The van der Waals surface area contributed by atoms with Gasteiger partial charge in [0.2, 0.25) is 0 Å². The van der Waals surface area contributed by atoms with Gasteiger partial charge in [-0.3, -0.25) is 9.48 Å². The normalized spacial score (nSPS) is 12.5. The Labute approximate surface area is 95.5 Å². The van der Waals surface area contributed by atoms with Gasteiger partial charge in [0.25, 0.3) is 5.91 Å². The van der Waals surface area contributed by atoms with Crippen molar-refractivity contribution in [2.75, 3.05) is 6.54 Å². The second-order valence-corrected chi connectivity index (χ2v) is 3.75. The lowest BCUT2D eigenvalue weighted by Crippen LogP contribution is -2.32. The highest BCUT2D eigenvalue weighted by Gasteiger charge is 2.13. The zero-order valence-electron chi connectivity index (χ0n) is 10.0. The Morgan fingerprint density at radius 3 is 2.81 bits per heavy atom. The van der Waals surface area contributed by atoms with Gasteiger partial charge in [-0.2, -0.15) is 5.10 Å². The molecule has 1 heterocycles. The number of aliphatic hydroxyl groups is 1. The fraction of sp³-hybridized carbons (Fsp3) is 0.636. The lowest BCUT2D eigenvalue weighted by molar-refractivity contribution is 0.0913. The number of rotatable bonds is 5. The number of nitrogens with one attached hydrogen (secondary N) is 1. The number of hydrogen-bond donors (Lipinski definition) is 2. The first-order chi connectivity index (χ1) is 7.58.